The van der Waals surface area contributed by atoms with E-state index in [1.54, 1.807) is 4.90 Å². The molecule has 1 saturated carbocycles. The summed E-state index contributed by atoms with van der Waals surface area (Å²) >= 11 is 0. The fraction of sp³-hybridized carbons (Fsp3) is 0.923. The number of rotatable bonds is 4. The van der Waals surface area contributed by atoms with Crippen LogP contribution in [0.25, 0.3) is 0 Å². The van der Waals surface area contributed by atoms with Gasteiger partial charge in [0.15, 0.2) is 0 Å². The van der Waals surface area contributed by atoms with E-state index in [2.05, 4.69) is 12.2 Å². The normalized spacial score (nSPS) is 24.9. The molecule has 2 fully saturated rings. The highest BCUT2D eigenvalue weighted by atomic mass is 19.3. The van der Waals surface area contributed by atoms with Gasteiger partial charge in [-0.25, -0.2) is 8.78 Å². The number of alkyl halides is 2. The third kappa shape index (κ3) is 3.40. The number of hydrogen-bond donors (Lipinski definition) is 1. The molecule has 0 spiro atoms. The molecule has 104 valence electrons. The summed E-state index contributed by atoms with van der Waals surface area (Å²) < 4.78 is 24.5. The van der Waals surface area contributed by atoms with Gasteiger partial charge in [0, 0.05) is 11.5 Å². The number of hydrogen-bond acceptors (Lipinski definition) is 2. The minimum absolute atomic E-state index is 0.00279. The maximum absolute atomic E-state index is 12.2. The molecule has 0 radical (unpaired) electrons. The van der Waals surface area contributed by atoms with Crippen molar-refractivity contribution in [2.24, 2.45) is 5.92 Å². The molecule has 0 bridgehead atoms. The topological polar surface area (TPSA) is 32.3 Å². The van der Waals surface area contributed by atoms with Crippen molar-refractivity contribution in [2.75, 3.05) is 19.6 Å². The Morgan fingerprint density at radius 1 is 1.39 bits per heavy atom. The van der Waals surface area contributed by atoms with Crippen LogP contribution in [0.2, 0.25) is 0 Å². The Bertz CT molecular complexity index is 297. The summed E-state index contributed by atoms with van der Waals surface area (Å²) in [6.45, 7) is 3.14. The molecule has 1 saturated heterocycles. The summed E-state index contributed by atoms with van der Waals surface area (Å²) in [5.74, 6) is 0.130. The molecule has 1 aliphatic carbocycles. The molecular formula is C13H22F2N2O. The molecule has 1 N–H and O–H groups in total. The molecule has 3 nitrogen and oxygen atoms in total. The van der Waals surface area contributed by atoms with Crippen molar-refractivity contribution in [2.45, 2.75) is 51.0 Å². The highest BCUT2D eigenvalue weighted by molar-refractivity contribution is 5.79. The van der Waals surface area contributed by atoms with Crippen LogP contribution in [-0.4, -0.2) is 42.4 Å². The maximum atomic E-state index is 12.2. The van der Waals surface area contributed by atoms with Crippen molar-refractivity contribution < 1.29 is 13.6 Å². The predicted molar refractivity (Wildman–Crippen MR) is 65.6 cm³/mol. The van der Waals surface area contributed by atoms with Gasteiger partial charge in [0.05, 0.1) is 6.54 Å². The van der Waals surface area contributed by atoms with Gasteiger partial charge in [-0.2, -0.15) is 0 Å². The highest BCUT2D eigenvalue weighted by Crippen LogP contribution is 2.31. The summed E-state index contributed by atoms with van der Waals surface area (Å²) in [7, 11) is 0. The zero-order valence-electron chi connectivity index (χ0n) is 10.9. The second-order valence-electron chi connectivity index (χ2n) is 5.87. The first-order valence-electron chi connectivity index (χ1n) is 6.81. The summed E-state index contributed by atoms with van der Waals surface area (Å²) in [6.07, 6.45) is 2.43. The first kappa shape index (κ1) is 13.7. The van der Waals surface area contributed by atoms with Crippen molar-refractivity contribution in [1.29, 1.82) is 0 Å². The van der Waals surface area contributed by atoms with Gasteiger partial charge in [0.25, 0.3) is 6.43 Å². The molecule has 1 aliphatic heterocycles. The summed E-state index contributed by atoms with van der Waals surface area (Å²) in [5, 5.41) is 3.11. The molecule has 1 heterocycles. The number of nitrogens with zero attached hydrogens (tertiary/aromatic N) is 1. The van der Waals surface area contributed by atoms with Crippen molar-refractivity contribution in [3.63, 3.8) is 0 Å². The average Bonchev–Trinajstić information content (AvgIpc) is 2.27. The number of amides is 1. The van der Waals surface area contributed by atoms with Gasteiger partial charge in [-0.05, 0) is 52.1 Å². The number of halogens is 2. The van der Waals surface area contributed by atoms with Crippen LogP contribution in [-0.2, 0) is 4.79 Å². The van der Waals surface area contributed by atoms with E-state index in [1.165, 1.54) is 6.42 Å². The third-order valence-corrected chi connectivity index (χ3v) is 4.24. The molecule has 0 unspecified atom stereocenters. The Morgan fingerprint density at radius 2 is 2.00 bits per heavy atom. The van der Waals surface area contributed by atoms with E-state index in [-0.39, 0.29) is 23.9 Å². The standard InChI is InChI=1S/C13H22F2N2O/c1-13(5-2-6-13)16-12(18)10-3-7-17(8-4-10)9-11(14)15/h10-11H,2-9H2,1H3,(H,16,18). The Hall–Kier alpha value is -0.710. The van der Waals surface area contributed by atoms with E-state index < -0.39 is 6.43 Å². The summed E-state index contributed by atoms with van der Waals surface area (Å²) in [5.41, 5.74) is -0.00279. The Morgan fingerprint density at radius 3 is 2.44 bits per heavy atom. The van der Waals surface area contributed by atoms with Gasteiger partial charge in [-0.15, -0.1) is 0 Å². The molecule has 0 atom stereocenters. The van der Waals surface area contributed by atoms with Gasteiger partial charge in [-0.3, -0.25) is 9.69 Å². The quantitative estimate of drug-likeness (QED) is 0.838. The lowest BCUT2D eigenvalue weighted by Gasteiger charge is -2.41. The zero-order chi connectivity index (χ0) is 13.2. The number of likely N-dealkylation sites (tertiary alicyclic amines) is 1. The van der Waals surface area contributed by atoms with Crippen LogP contribution in [0.4, 0.5) is 8.78 Å². The van der Waals surface area contributed by atoms with Crippen LogP contribution >= 0.6 is 0 Å². The molecule has 1 amide bonds. The van der Waals surface area contributed by atoms with E-state index in [1.807, 2.05) is 0 Å². The minimum Gasteiger partial charge on any atom is -0.351 e. The highest BCUT2D eigenvalue weighted by Gasteiger charge is 2.35. The SMILES string of the molecule is CC1(NC(=O)C2CCN(CC(F)F)CC2)CCC1. The van der Waals surface area contributed by atoms with Gasteiger partial charge >= 0.3 is 0 Å². The predicted octanol–water partition coefficient (Wildman–Crippen LogP) is 2.02. The molecule has 0 aromatic rings. The van der Waals surface area contributed by atoms with Crippen LogP contribution in [0.1, 0.15) is 39.0 Å². The van der Waals surface area contributed by atoms with Crippen molar-refractivity contribution >= 4 is 5.91 Å². The van der Waals surface area contributed by atoms with E-state index in [9.17, 15) is 13.6 Å². The van der Waals surface area contributed by atoms with Crippen LogP contribution in [0.15, 0.2) is 0 Å². The van der Waals surface area contributed by atoms with Crippen LogP contribution in [0, 0.1) is 5.92 Å². The molecule has 0 aromatic carbocycles. The van der Waals surface area contributed by atoms with Gasteiger partial charge in [0.1, 0.15) is 0 Å². The molecule has 5 heteroatoms. The molecule has 0 aromatic heterocycles. The largest absolute Gasteiger partial charge is 0.351 e. The van der Waals surface area contributed by atoms with E-state index in [0.717, 1.165) is 12.8 Å². The van der Waals surface area contributed by atoms with Gasteiger partial charge in [-0.1, -0.05) is 0 Å². The lowest BCUT2D eigenvalue weighted by Crippen LogP contribution is -2.54. The van der Waals surface area contributed by atoms with E-state index in [0.29, 0.717) is 25.9 Å². The monoisotopic (exact) mass is 260 g/mol. The lowest BCUT2D eigenvalue weighted by atomic mass is 9.78. The van der Waals surface area contributed by atoms with E-state index in [4.69, 9.17) is 0 Å². The first-order chi connectivity index (χ1) is 8.48. The van der Waals surface area contributed by atoms with Gasteiger partial charge < -0.3 is 5.32 Å². The number of nitrogens with one attached hydrogen (secondary N) is 1. The summed E-state index contributed by atoms with van der Waals surface area (Å²) in [4.78, 5) is 13.8. The first-order valence-corrected chi connectivity index (χ1v) is 6.81. The Labute approximate surface area is 107 Å². The van der Waals surface area contributed by atoms with E-state index >= 15 is 0 Å². The Kier molecular flexibility index (Phi) is 4.20. The number of carbonyl (C=O) groups excluding carboxylic acids is 1. The number of carbonyl (C=O) groups is 1. The second-order valence-corrected chi connectivity index (χ2v) is 5.87. The number of piperidine rings is 1. The van der Waals surface area contributed by atoms with Crippen LogP contribution in [0.3, 0.4) is 0 Å². The fourth-order valence-corrected chi connectivity index (χ4v) is 2.80. The van der Waals surface area contributed by atoms with Crippen molar-refractivity contribution in [3.05, 3.63) is 0 Å². The molecule has 18 heavy (non-hydrogen) atoms. The second kappa shape index (κ2) is 5.51. The summed E-state index contributed by atoms with van der Waals surface area (Å²) in [6, 6.07) is 0. The minimum atomic E-state index is -2.27. The average molecular weight is 260 g/mol. The lowest BCUT2D eigenvalue weighted by molar-refractivity contribution is -0.129. The van der Waals surface area contributed by atoms with Crippen molar-refractivity contribution in [1.82, 2.24) is 10.2 Å². The third-order valence-electron chi connectivity index (χ3n) is 4.24. The maximum Gasteiger partial charge on any atom is 0.251 e. The molecule has 2 rings (SSSR count). The van der Waals surface area contributed by atoms with Crippen LogP contribution in [0.5, 0.6) is 0 Å². The Balaban J connectivity index is 1.73. The van der Waals surface area contributed by atoms with Gasteiger partial charge in [0.2, 0.25) is 5.91 Å². The smallest absolute Gasteiger partial charge is 0.251 e. The van der Waals surface area contributed by atoms with Crippen molar-refractivity contribution in [3.8, 4) is 0 Å². The van der Waals surface area contributed by atoms with Crippen LogP contribution < -0.4 is 5.32 Å². The molecular weight excluding hydrogens is 238 g/mol. The fourth-order valence-electron chi connectivity index (χ4n) is 2.80. The zero-order valence-corrected chi connectivity index (χ0v) is 10.9. The molecule has 2 aliphatic rings.